The smallest absolute Gasteiger partial charge is 0.296 e. The summed E-state index contributed by atoms with van der Waals surface area (Å²) in [5.74, 6) is -0.696. The molecule has 2 aromatic rings. The van der Waals surface area contributed by atoms with Gasteiger partial charge in [-0.15, -0.1) is 0 Å². The Balaban J connectivity index is 1.51. The predicted molar refractivity (Wildman–Crippen MR) is 117 cm³/mol. The zero-order valence-corrected chi connectivity index (χ0v) is 17.6. The van der Waals surface area contributed by atoms with Crippen LogP contribution in [0.3, 0.4) is 0 Å². The van der Waals surface area contributed by atoms with E-state index in [2.05, 4.69) is 26.7 Å². The van der Waals surface area contributed by atoms with Crippen LogP contribution in [0, 0.1) is 17.3 Å². The fraction of sp³-hybridized carbons (Fsp3) is 0.348. The van der Waals surface area contributed by atoms with Gasteiger partial charge >= 0.3 is 0 Å². The molecular formula is C23H25FN7O+. The van der Waals surface area contributed by atoms with Gasteiger partial charge in [-0.1, -0.05) is 0 Å². The van der Waals surface area contributed by atoms with Gasteiger partial charge in [-0.2, -0.15) is 9.65 Å². The molecule has 4 N–H and O–H groups in total. The molecule has 32 heavy (non-hydrogen) atoms. The van der Waals surface area contributed by atoms with E-state index in [-0.39, 0.29) is 0 Å². The molecule has 0 bridgehead atoms. The highest BCUT2D eigenvalue weighted by atomic mass is 19.1. The van der Waals surface area contributed by atoms with E-state index < -0.39 is 17.4 Å². The molecule has 1 amide bonds. The Kier molecular flexibility index (Phi) is 6.23. The van der Waals surface area contributed by atoms with E-state index in [0.29, 0.717) is 29.6 Å². The summed E-state index contributed by atoms with van der Waals surface area (Å²) in [6.45, 7) is 0.764. The summed E-state index contributed by atoms with van der Waals surface area (Å²) in [5.41, 5.74) is 7.06. The van der Waals surface area contributed by atoms with Crippen molar-refractivity contribution in [3.05, 3.63) is 66.1 Å². The summed E-state index contributed by atoms with van der Waals surface area (Å²) in [6, 6.07) is 9.48. The fourth-order valence-electron chi connectivity index (χ4n) is 4.39. The SMILES string of the molecule is N#CCC1([N+]2=C(Nc3ccnc(F)c3)C(C(N)=O)=C2)CCC(NCc2ccncc2)CC1. The number of pyridine rings is 2. The molecule has 1 fully saturated rings. The quantitative estimate of drug-likeness (QED) is 0.454. The minimum absolute atomic E-state index is 0.308. The molecule has 0 aromatic carbocycles. The van der Waals surface area contributed by atoms with Crippen molar-refractivity contribution >= 4 is 17.4 Å². The molecule has 8 nitrogen and oxygen atoms in total. The van der Waals surface area contributed by atoms with Crippen molar-refractivity contribution in [2.45, 2.75) is 50.2 Å². The third-order valence-electron chi connectivity index (χ3n) is 6.19. The van der Waals surface area contributed by atoms with Gasteiger partial charge in [0.2, 0.25) is 5.95 Å². The third-order valence-corrected chi connectivity index (χ3v) is 6.19. The lowest BCUT2D eigenvalue weighted by molar-refractivity contribution is -0.563. The molecule has 0 saturated heterocycles. The minimum Gasteiger partial charge on any atom is -0.365 e. The predicted octanol–water partition coefficient (Wildman–Crippen LogP) is 2.21. The van der Waals surface area contributed by atoms with Gasteiger partial charge in [-0.3, -0.25) is 9.78 Å². The second-order valence-corrected chi connectivity index (χ2v) is 8.19. The molecule has 2 aromatic heterocycles. The van der Waals surface area contributed by atoms with E-state index in [1.807, 2.05) is 16.7 Å². The topological polar surface area (TPSA) is 120 Å². The number of nitrogens with two attached hydrogens (primary N) is 1. The lowest BCUT2D eigenvalue weighted by atomic mass is 9.76. The van der Waals surface area contributed by atoms with Crippen molar-refractivity contribution in [3.63, 3.8) is 0 Å². The van der Waals surface area contributed by atoms with Crippen molar-refractivity contribution in [2.75, 3.05) is 5.32 Å². The second-order valence-electron chi connectivity index (χ2n) is 8.19. The number of amides is 1. The Morgan fingerprint density at radius 2 is 2.03 bits per heavy atom. The number of carbonyl (C=O) groups excluding carboxylic acids is 1. The number of halogens is 1. The maximum atomic E-state index is 13.5. The first-order valence-corrected chi connectivity index (χ1v) is 10.6. The number of nitrogens with one attached hydrogen (secondary N) is 2. The highest BCUT2D eigenvalue weighted by molar-refractivity contribution is 6.24. The molecule has 1 aliphatic carbocycles. The number of hydrogen-bond acceptors (Lipinski definition) is 6. The van der Waals surface area contributed by atoms with Crippen LogP contribution < -0.4 is 16.4 Å². The largest absolute Gasteiger partial charge is 0.365 e. The van der Waals surface area contributed by atoms with E-state index in [4.69, 9.17) is 5.73 Å². The Morgan fingerprint density at radius 3 is 2.69 bits per heavy atom. The first kappa shape index (κ1) is 21.6. The van der Waals surface area contributed by atoms with Crippen LogP contribution in [0.2, 0.25) is 0 Å². The first-order valence-electron chi connectivity index (χ1n) is 10.6. The maximum absolute atomic E-state index is 13.5. The van der Waals surface area contributed by atoms with Gasteiger partial charge < -0.3 is 11.1 Å². The highest BCUT2D eigenvalue weighted by Gasteiger charge is 2.48. The van der Waals surface area contributed by atoms with Gasteiger partial charge in [0.15, 0.2) is 5.57 Å². The average Bonchev–Trinajstić information content (AvgIpc) is 2.77. The van der Waals surface area contributed by atoms with Gasteiger partial charge in [0.05, 0.1) is 12.5 Å². The van der Waals surface area contributed by atoms with Gasteiger partial charge in [0.25, 0.3) is 11.7 Å². The molecule has 0 spiro atoms. The van der Waals surface area contributed by atoms with Crippen LogP contribution in [0.15, 0.2) is 54.6 Å². The Hall–Kier alpha value is -3.64. The molecule has 0 unspecified atom stereocenters. The molecule has 1 saturated carbocycles. The van der Waals surface area contributed by atoms with Crippen molar-refractivity contribution in [1.29, 1.82) is 5.26 Å². The number of nitriles is 1. The molecule has 0 atom stereocenters. The average molecular weight is 434 g/mol. The number of amidine groups is 1. The summed E-state index contributed by atoms with van der Waals surface area (Å²) in [7, 11) is 0. The number of anilines is 1. The number of nitrogens with zero attached hydrogens (tertiary/aromatic N) is 4. The fourth-order valence-corrected chi connectivity index (χ4v) is 4.39. The molecule has 2 aliphatic rings. The van der Waals surface area contributed by atoms with Gasteiger partial charge in [0, 0.05) is 43.3 Å². The summed E-state index contributed by atoms with van der Waals surface area (Å²) < 4.78 is 15.5. The van der Waals surface area contributed by atoms with Gasteiger partial charge in [-0.05, 0) is 43.4 Å². The lowest BCUT2D eigenvalue weighted by Gasteiger charge is -2.40. The summed E-state index contributed by atoms with van der Waals surface area (Å²) >= 11 is 0. The summed E-state index contributed by atoms with van der Waals surface area (Å²) in [5, 5.41) is 16.2. The molecule has 0 radical (unpaired) electrons. The first-order chi connectivity index (χ1) is 15.5. The standard InChI is InChI=1S/C23H24FN7O/c24-20-13-18(5-12-28-20)30-22-19(21(26)32)15-31(22)23(8-9-25)6-1-17(2-7-23)29-14-16-3-10-27-11-4-16/h3-5,10-13,15,17,29H,1-2,6-8,14H2,(H2,26,32)/p+1. The number of aromatic nitrogens is 2. The summed E-state index contributed by atoms with van der Waals surface area (Å²) in [4.78, 5) is 19.5. The number of primary amides is 1. The molecule has 9 heteroatoms. The molecule has 1 aliphatic heterocycles. The molecule has 3 heterocycles. The van der Waals surface area contributed by atoms with Crippen LogP contribution in [0.4, 0.5) is 10.1 Å². The minimum atomic E-state index is -0.626. The summed E-state index contributed by atoms with van der Waals surface area (Å²) in [6.07, 6.45) is 10.2. The monoisotopic (exact) mass is 434 g/mol. The maximum Gasteiger partial charge on any atom is 0.296 e. The van der Waals surface area contributed by atoms with Crippen LogP contribution in [-0.2, 0) is 11.3 Å². The van der Waals surface area contributed by atoms with E-state index in [1.54, 1.807) is 24.7 Å². The Morgan fingerprint density at radius 1 is 1.28 bits per heavy atom. The normalized spacial score (nSPS) is 22.5. The van der Waals surface area contributed by atoms with Crippen molar-refractivity contribution in [3.8, 4) is 6.07 Å². The number of carbonyl (C=O) groups is 1. The third kappa shape index (κ3) is 4.50. The van der Waals surface area contributed by atoms with E-state index in [1.165, 1.54) is 17.8 Å². The number of hydrogen-bond donors (Lipinski definition) is 3. The van der Waals surface area contributed by atoms with E-state index in [9.17, 15) is 14.4 Å². The van der Waals surface area contributed by atoms with Crippen LogP contribution in [0.1, 0.15) is 37.7 Å². The molecule has 164 valence electrons. The van der Waals surface area contributed by atoms with Crippen LogP contribution in [0.5, 0.6) is 0 Å². The van der Waals surface area contributed by atoms with Crippen LogP contribution >= 0.6 is 0 Å². The van der Waals surface area contributed by atoms with E-state index in [0.717, 1.165) is 32.2 Å². The molecule has 4 rings (SSSR count). The van der Waals surface area contributed by atoms with Crippen molar-refractivity contribution in [2.24, 2.45) is 5.73 Å². The Bertz CT molecular complexity index is 1100. The van der Waals surface area contributed by atoms with E-state index >= 15 is 0 Å². The Labute approximate surface area is 185 Å². The lowest BCUT2D eigenvalue weighted by Crippen LogP contribution is -2.54. The van der Waals surface area contributed by atoms with Gasteiger partial charge in [0.1, 0.15) is 17.4 Å². The zero-order valence-electron chi connectivity index (χ0n) is 17.6. The zero-order chi connectivity index (χ0) is 22.6. The van der Waals surface area contributed by atoms with Crippen molar-refractivity contribution in [1.82, 2.24) is 15.3 Å². The van der Waals surface area contributed by atoms with Crippen molar-refractivity contribution < 1.29 is 13.8 Å². The van der Waals surface area contributed by atoms with Crippen LogP contribution in [-0.4, -0.2) is 37.9 Å². The van der Waals surface area contributed by atoms with Gasteiger partial charge in [-0.25, -0.2) is 14.9 Å². The highest BCUT2D eigenvalue weighted by Crippen LogP contribution is 2.38. The number of rotatable bonds is 7. The second kappa shape index (κ2) is 9.24. The molecular weight excluding hydrogens is 409 g/mol. The van der Waals surface area contributed by atoms with Crippen LogP contribution in [0.25, 0.3) is 0 Å².